The van der Waals surface area contributed by atoms with Crippen molar-refractivity contribution in [3.05, 3.63) is 81.1 Å². The fraction of sp³-hybridized carbons (Fsp3) is 0.105. The molecule has 26 heavy (non-hydrogen) atoms. The molecule has 4 aromatic rings. The summed E-state index contributed by atoms with van der Waals surface area (Å²) >= 11 is 5.92. The first-order valence-corrected chi connectivity index (χ1v) is 8.22. The van der Waals surface area contributed by atoms with Crippen LogP contribution in [0.3, 0.4) is 0 Å². The van der Waals surface area contributed by atoms with Gasteiger partial charge in [-0.15, -0.1) is 0 Å². The molecule has 4 rings (SSSR count). The van der Waals surface area contributed by atoms with Crippen molar-refractivity contribution >= 4 is 34.2 Å². The Labute approximate surface area is 152 Å². The summed E-state index contributed by atoms with van der Waals surface area (Å²) in [6.07, 6.45) is 1.71. The first-order valence-electron chi connectivity index (χ1n) is 7.85. The van der Waals surface area contributed by atoms with Gasteiger partial charge >= 0.3 is 5.97 Å². The van der Waals surface area contributed by atoms with Crippen LogP contribution in [-0.2, 0) is 11.3 Å². The SMILES string of the molecule is Cc1ccc2nc(COC(=O)c3cc4cc(Cl)ccc4o3)cc(=O)n2c1. The number of pyridine rings is 1. The van der Waals surface area contributed by atoms with E-state index in [2.05, 4.69) is 4.98 Å². The van der Waals surface area contributed by atoms with Crippen LogP contribution in [0.25, 0.3) is 16.6 Å². The number of carbonyl (C=O) groups excluding carboxylic acids is 1. The number of nitrogens with zero attached hydrogens (tertiary/aromatic N) is 2. The first kappa shape index (κ1) is 16.4. The van der Waals surface area contributed by atoms with Crippen molar-refractivity contribution in [2.75, 3.05) is 0 Å². The molecule has 130 valence electrons. The van der Waals surface area contributed by atoms with Crippen LogP contribution in [0.2, 0.25) is 5.02 Å². The number of ether oxygens (including phenoxy) is 1. The summed E-state index contributed by atoms with van der Waals surface area (Å²) in [6.45, 7) is 1.76. The van der Waals surface area contributed by atoms with E-state index < -0.39 is 5.97 Å². The molecule has 6 nitrogen and oxygen atoms in total. The number of fused-ring (bicyclic) bond motifs is 2. The second-order valence-electron chi connectivity index (χ2n) is 5.89. The Morgan fingerprint density at radius 2 is 2.08 bits per heavy atom. The van der Waals surface area contributed by atoms with Crippen molar-refractivity contribution < 1.29 is 13.9 Å². The zero-order valence-corrected chi connectivity index (χ0v) is 14.5. The average molecular weight is 369 g/mol. The monoisotopic (exact) mass is 368 g/mol. The number of rotatable bonds is 3. The summed E-state index contributed by atoms with van der Waals surface area (Å²) in [4.78, 5) is 28.7. The maximum atomic E-state index is 12.2. The summed E-state index contributed by atoms with van der Waals surface area (Å²) in [7, 11) is 0. The topological polar surface area (TPSA) is 73.8 Å². The van der Waals surface area contributed by atoms with E-state index in [1.807, 2.05) is 13.0 Å². The van der Waals surface area contributed by atoms with Gasteiger partial charge in [-0.05, 0) is 42.8 Å². The van der Waals surface area contributed by atoms with E-state index in [1.54, 1.807) is 36.5 Å². The third kappa shape index (κ3) is 3.07. The van der Waals surface area contributed by atoms with Crippen LogP contribution in [-0.4, -0.2) is 15.4 Å². The van der Waals surface area contributed by atoms with Crippen molar-refractivity contribution in [1.29, 1.82) is 0 Å². The number of aryl methyl sites for hydroxylation is 1. The normalized spacial score (nSPS) is 11.2. The van der Waals surface area contributed by atoms with Crippen LogP contribution in [0.5, 0.6) is 0 Å². The van der Waals surface area contributed by atoms with Gasteiger partial charge in [-0.2, -0.15) is 0 Å². The molecule has 7 heteroatoms. The molecule has 0 N–H and O–H groups in total. The number of esters is 1. The minimum atomic E-state index is -0.636. The summed E-state index contributed by atoms with van der Waals surface area (Å²) in [6, 6.07) is 11.6. The molecular weight excluding hydrogens is 356 g/mol. The smallest absolute Gasteiger partial charge is 0.374 e. The van der Waals surface area contributed by atoms with Gasteiger partial charge in [0.2, 0.25) is 5.76 Å². The van der Waals surface area contributed by atoms with Crippen molar-refractivity contribution in [1.82, 2.24) is 9.38 Å². The quantitative estimate of drug-likeness (QED) is 0.515. The molecule has 0 bridgehead atoms. The molecule has 0 radical (unpaired) electrons. The highest BCUT2D eigenvalue weighted by molar-refractivity contribution is 6.31. The summed E-state index contributed by atoms with van der Waals surface area (Å²) in [5.41, 5.74) is 2.12. The average Bonchev–Trinajstić information content (AvgIpc) is 3.03. The second kappa shape index (κ2) is 6.31. The Bertz CT molecular complexity index is 1210. The number of hydrogen-bond acceptors (Lipinski definition) is 5. The van der Waals surface area contributed by atoms with Gasteiger partial charge in [0, 0.05) is 22.7 Å². The lowest BCUT2D eigenvalue weighted by atomic mass is 10.2. The van der Waals surface area contributed by atoms with Gasteiger partial charge in [0.25, 0.3) is 5.56 Å². The molecule has 0 fully saturated rings. The largest absolute Gasteiger partial charge is 0.453 e. The second-order valence-corrected chi connectivity index (χ2v) is 6.33. The summed E-state index contributed by atoms with van der Waals surface area (Å²) < 4.78 is 12.1. The molecule has 3 heterocycles. The van der Waals surface area contributed by atoms with E-state index in [-0.39, 0.29) is 17.9 Å². The number of halogens is 1. The molecule has 0 aliphatic heterocycles. The van der Waals surface area contributed by atoms with Crippen LogP contribution in [0, 0.1) is 6.92 Å². The van der Waals surface area contributed by atoms with Gasteiger partial charge in [-0.25, -0.2) is 9.78 Å². The van der Waals surface area contributed by atoms with Gasteiger partial charge in [-0.3, -0.25) is 9.20 Å². The van der Waals surface area contributed by atoms with E-state index in [9.17, 15) is 9.59 Å². The Kier molecular flexibility index (Phi) is 3.97. The van der Waals surface area contributed by atoms with Crippen LogP contribution in [0.4, 0.5) is 0 Å². The van der Waals surface area contributed by atoms with Crippen molar-refractivity contribution in [3.8, 4) is 0 Å². The Hall–Kier alpha value is -3.12. The van der Waals surface area contributed by atoms with E-state index in [0.29, 0.717) is 27.3 Å². The zero-order chi connectivity index (χ0) is 18.3. The number of furan rings is 1. The minimum absolute atomic E-state index is 0.0652. The molecule has 0 spiro atoms. The van der Waals surface area contributed by atoms with E-state index in [4.69, 9.17) is 20.8 Å². The Morgan fingerprint density at radius 1 is 1.23 bits per heavy atom. The molecule has 0 saturated heterocycles. The molecular formula is C19H13ClN2O4. The molecule has 0 aliphatic carbocycles. The number of hydrogen-bond donors (Lipinski definition) is 0. The minimum Gasteiger partial charge on any atom is -0.453 e. The van der Waals surface area contributed by atoms with Crippen molar-refractivity contribution in [2.45, 2.75) is 13.5 Å². The van der Waals surface area contributed by atoms with Gasteiger partial charge in [0.15, 0.2) is 0 Å². The maximum absolute atomic E-state index is 12.2. The van der Waals surface area contributed by atoms with E-state index in [1.165, 1.54) is 10.5 Å². The predicted octanol–water partition coefficient (Wildman–Crippen LogP) is 3.76. The summed E-state index contributed by atoms with van der Waals surface area (Å²) in [5, 5.41) is 1.26. The Morgan fingerprint density at radius 3 is 2.92 bits per heavy atom. The van der Waals surface area contributed by atoms with Crippen LogP contribution < -0.4 is 5.56 Å². The molecule has 0 unspecified atom stereocenters. The fourth-order valence-electron chi connectivity index (χ4n) is 2.66. The lowest BCUT2D eigenvalue weighted by molar-refractivity contribution is 0.0434. The molecule has 0 saturated carbocycles. The van der Waals surface area contributed by atoms with Crippen molar-refractivity contribution in [2.24, 2.45) is 0 Å². The molecule has 3 aromatic heterocycles. The van der Waals surface area contributed by atoms with Gasteiger partial charge in [-0.1, -0.05) is 17.7 Å². The fourth-order valence-corrected chi connectivity index (χ4v) is 2.84. The first-order chi connectivity index (χ1) is 12.5. The van der Waals surface area contributed by atoms with E-state index in [0.717, 1.165) is 5.56 Å². The highest BCUT2D eigenvalue weighted by Gasteiger charge is 2.15. The Balaban J connectivity index is 1.56. The number of benzene rings is 1. The van der Waals surface area contributed by atoms with Crippen LogP contribution in [0.1, 0.15) is 21.8 Å². The number of carbonyl (C=O) groups is 1. The van der Waals surface area contributed by atoms with Gasteiger partial charge in [0.05, 0.1) is 5.69 Å². The van der Waals surface area contributed by atoms with Gasteiger partial charge in [0.1, 0.15) is 17.8 Å². The molecule has 0 atom stereocenters. The molecule has 1 aromatic carbocycles. The van der Waals surface area contributed by atoms with Crippen LogP contribution in [0.15, 0.2) is 57.9 Å². The summed E-state index contributed by atoms with van der Waals surface area (Å²) in [5.74, 6) is -0.571. The van der Waals surface area contributed by atoms with E-state index >= 15 is 0 Å². The van der Waals surface area contributed by atoms with Gasteiger partial charge < -0.3 is 9.15 Å². The third-order valence-electron chi connectivity index (χ3n) is 3.89. The van der Waals surface area contributed by atoms with Crippen molar-refractivity contribution in [3.63, 3.8) is 0 Å². The van der Waals surface area contributed by atoms with Crippen LogP contribution >= 0.6 is 11.6 Å². The standard InChI is InChI=1S/C19H13ClN2O4/c1-11-2-5-17-21-14(8-18(23)22(17)9-11)10-25-19(24)16-7-12-6-13(20)3-4-15(12)26-16/h2-9H,10H2,1H3. The zero-order valence-electron chi connectivity index (χ0n) is 13.7. The highest BCUT2D eigenvalue weighted by atomic mass is 35.5. The maximum Gasteiger partial charge on any atom is 0.374 e. The third-order valence-corrected chi connectivity index (χ3v) is 4.13. The lowest BCUT2D eigenvalue weighted by Crippen LogP contribution is -2.16. The molecule has 0 amide bonds. The lowest BCUT2D eigenvalue weighted by Gasteiger charge is -2.05. The number of aromatic nitrogens is 2. The highest BCUT2D eigenvalue weighted by Crippen LogP contribution is 2.23. The predicted molar refractivity (Wildman–Crippen MR) is 96.5 cm³/mol. The molecule has 0 aliphatic rings.